The molecule has 0 aliphatic carbocycles. The van der Waals surface area contributed by atoms with E-state index in [1.54, 1.807) is 13.8 Å². The van der Waals surface area contributed by atoms with Crippen molar-refractivity contribution in [1.82, 2.24) is 19.1 Å². The predicted molar refractivity (Wildman–Crippen MR) is 82.1 cm³/mol. The molecule has 0 saturated carbocycles. The van der Waals surface area contributed by atoms with Gasteiger partial charge in [0.1, 0.15) is 21.5 Å². The van der Waals surface area contributed by atoms with Crippen LogP contribution in [-0.4, -0.2) is 37.4 Å². The maximum Gasteiger partial charge on any atom is 0.332 e. The van der Waals surface area contributed by atoms with Crippen LogP contribution in [0.2, 0.25) is 0 Å². The van der Waals surface area contributed by atoms with Gasteiger partial charge in [0.15, 0.2) is 5.65 Å². The average molecular weight is 324 g/mol. The minimum atomic E-state index is -0.538. The molecule has 22 heavy (non-hydrogen) atoms. The summed E-state index contributed by atoms with van der Waals surface area (Å²) >= 11 is 1.10. The van der Waals surface area contributed by atoms with Crippen molar-refractivity contribution in [3.8, 4) is 0 Å². The van der Waals surface area contributed by atoms with Crippen LogP contribution < -0.4 is 11.2 Å². The van der Waals surface area contributed by atoms with Gasteiger partial charge in [-0.05, 0) is 13.8 Å². The Balaban J connectivity index is 2.77. The molecule has 2 aromatic rings. The van der Waals surface area contributed by atoms with Gasteiger partial charge in [-0.2, -0.15) is 0 Å². The van der Waals surface area contributed by atoms with Crippen molar-refractivity contribution in [2.24, 2.45) is 14.1 Å². The van der Waals surface area contributed by atoms with Gasteiger partial charge in [-0.25, -0.2) is 14.8 Å². The SMILES string of the molecule is COC(=O)[C@H](C)Sc1nc(C)nc2c1c(=O)n(C)c(=O)n2C. The van der Waals surface area contributed by atoms with E-state index in [0.29, 0.717) is 10.9 Å². The number of aromatic nitrogens is 4. The van der Waals surface area contributed by atoms with E-state index in [9.17, 15) is 14.4 Å². The molecule has 9 heteroatoms. The Labute approximate surface area is 130 Å². The van der Waals surface area contributed by atoms with Crippen LogP contribution in [0.25, 0.3) is 11.0 Å². The molecule has 0 aliphatic rings. The molecule has 1 atom stereocenters. The molecule has 0 amide bonds. The van der Waals surface area contributed by atoms with Gasteiger partial charge in [-0.3, -0.25) is 18.7 Å². The van der Waals surface area contributed by atoms with Crippen LogP contribution in [0.3, 0.4) is 0 Å². The summed E-state index contributed by atoms with van der Waals surface area (Å²) < 4.78 is 6.97. The molecule has 0 aliphatic heterocycles. The van der Waals surface area contributed by atoms with Crippen LogP contribution in [0.5, 0.6) is 0 Å². The summed E-state index contributed by atoms with van der Waals surface area (Å²) in [6, 6.07) is 0. The Morgan fingerprint density at radius 1 is 1.23 bits per heavy atom. The van der Waals surface area contributed by atoms with Crippen molar-refractivity contribution in [2.45, 2.75) is 24.1 Å². The second-order valence-electron chi connectivity index (χ2n) is 4.76. The standard InChI is InChI=1S/C13H16N4O4S/c1-6(12(19)21-5)22-10-8-9(14-7(2)15-10)16(3)13(20)17(4)11(8)18/h6H,1-5H3/t6-/m0/s1. The summed E-state index contributed by atoms with van der Waals surface area (Å²) in [6.07, 6.45) is 0. The quantitative estimate of drug-likeness (QED) is 0.445. The zero-order chi connectivity index (χ0) is 16.6. The van der Waals surface area contributed by atoms with Gasteiger partial charge in [0.05, 0.1) is 7.11 Å². The highest BCUT2D eigenvalue weighted by atomic mass is 32.2. The van der Waals surface area contributed by atoms with E-state index in [4.69, 9.17) is 0 Å². The topological polar surface area (TPSA) is 96.1 Å². The van der Waals surface area contributed by atoms with E-state index in [-0.39, 0.29) is 11.0 Å². The van der Waals surface area contributed by atoms with Gasteiger partial charge in [-0.15, -0.1) is 0 Å². The maximum atomic E-state index is 12.4. The van der Waals surface area contributed by atoms with Crippen molar-refractivity contribution >= 4 is 28.8 Å². The number of esters is 1. The van der Waals surface area contributed by atoms with Gasteiger partial charge in [0, 0.05) is 14.1 Å². The molecule has 2 rings (SSSR count). The molecule has 0 bridgehead atoms. The molecular weight excluding hydrogens is 308 g/mol. The Morgan fingerprint density at radius 3 is 2.45 bits per heavy atom. The van der Waals surface area contributed by atoms with Crippen LogP contribution in [0.1, 0.15) is 12.7 Å². The molecule has 0 radical (unpaired) electrons. The lowest BCUT2D eigenvalue weighted by atomic mass is 10.4. The fourth-order valence-electron chi connectivity index (χ4n) is 2.00. The first kappa shape index (κ1) is 16.2. The molecule has 0 spiro atoms. The number of hydrogen-bond acceptors (Lipinski definition) is 7. The van der Waals surface area contributed by atoms with Gasteiger partial charge >= 0.3 is 11.7 Å². The Bertz CT molecular complexity index is 871. The second kappa shape index (κ2) is 5.91. The van der Waals surface area contributed by atoms with Gasteiger partial charge < -0.3 is 4.74 Å². The monoisotopic (exact) mass is 324 g/mol. The third-order valence-corrected chi connectivity index (χ3v) is 4.26. The third kappa shape index (κ3) is 2.63. The van der Waals surface area contributed by atoms with E-state index >= 15 is 0 Å². The number of carbonyl (C=O) groups excluding carboxylic acids is 1. The number of aryl methyl sites for hydroxylation is 2. The number of thioether (sulfide) groups is 1. The predicted octanol–water partition coefficient (Wildman–Crippen LogP) is -0.0108. The van der Waals surface area contributed by atoms with Crippen LogP contribution in [0.4, 0.5) is 0 Å². The fraction of sp³-hybridized carbons (Fsp3) is 0.462. The number of carbonyl (C=O) groups is 1. The number of rotatable bonds is 3. The van der Waals surface area contributed by atoms with Crippen LogP contribution >= 0.6 is 11.8 Å². The molecular formula is C13H16N4O4S. The highest BCUT2D eigenvalue weighted by Crippen LogP contribution is 2.26. The number of hydrogen-bond donors (Lipinski definition) is 0. The molecule has 0 N–H and O–H groups in total. The van der Waals surface area contributed by atoms with Crippen molar-refractivity contribution in [3.05, 3.63) is 26.7 Å². The zero-order valence-corrected chi connectivity index (χ0v) is 13.7. The van der Waals surface area contributed by atoms with E-state index in [1.165, 1.54) is 25.8 Å². The van der Waals surface area contributed by atoms with Crippen LogP contribution in [0, 0.1) is 6.92 Å². The summed E-state index contributed by atoms with van der Waals surface area (Å²) in [5, 5.41) is 0.0389. The molecule has 118 valence electrons. The highest BCUT2D eigenvalue weighted by Gasteiger charge is 2.21. The molecule has 8 nitrogen and oxygen atoms in total. The lowest BCUT2D eigenvalue weighted by Gasteiger charge is -2.12. The van der Waals surface area contributed by atoms with E-state index in [1.807, 2.05) is 0 Å². The normalized spacial score (nSPS) is 12.4. The van der Waals surface area contributed by atoms with Crippen LogP contribution in [-0.2, 0) is 23.6 Å². The number of ether oxygens (including phenoxy) is 1. The summed E-state index contributed by atoms with van der Waals surface area (Å²) in [5.74, 6) is -0.00798. The molecule has 2 heterocycles. The summed E-state index contributed by atoms with van der Waals surface area (Å²) in [7, 11) is 4.22. The number of fused-ring (bicyclic) bond motifs is 1. The molecule has 0 saturated heterocycles. The maximum absolute atomic E-state index is 12.4. The lowest BCUT2D eigenvalue weighted by Crippen LogP contribution is -2.37. The smallest absolute Gasteiger partial charge is 0.332 e. The summed E-state index contributed by atoms with van der Waals surface area (Å²) in [6.45, 7) is 3.32. The molecule has 2 aromatic heterocycles. The number of nitrogens with zero attached hydrogens (tertiary/aromatic N) is 4. The van der Waals surface area contributed by atoms with Crippen molar-refractivity contribution in [1.29, 1.82) is 0 Å². The zero-order valence-electron chi connectivity index (χ0n) is 12.9. The summed E-state index contributed by atoms with van der Waals surface area (Å²) in [5.41, 5.74) is -0.703. The first-order valence-corrected chi connectivity index (χ1v) is 7.34. The molecule has 0 unspecified atom stereocenters. The highest BCUT2D eigenvalue weighted by molar-refractivity contribution is 8.00. The Hall–Kier alpha value is -2.16. The Kier molecular flexibility index (Phi) is 4.36. The fourth-order valence-corrected chi connectivity index (χ4v) is 3.01. The van der Waals surface area contributed by atoms with Gasteiger partial charge in [0.2, 0.25) is 0 Å². The molecule has 0 aromatic carbocycles. The average Bonchev–Trinajstić information content (AvgIpc) is 2.49. The minimum absolute atomic E-state index is 0.218. The van der Waals surface area contributed by atoms with Gasteiger partial charge in [-0.1, -0.05) is 11.8 Å². The molecule has 0 fully saturated rings. The van der Waals surface area contributed by atoms with E-state index < -0.39 is 22.5 Å². The Morgan fingerprint density at radius 2 is 1.86 bits per heavy atom. The largest absolute Gasteiger partial charge is 0.468 e. The van der Waals surface area contributed by atoms with Gasteiger partial charge in [0.25, 0.3) is 5.56 Å². The van der Waals surface area contributed by atoms with Crippen molar-refractivity contribution in [2.75, 3.05) is 7.11 Å². The first-order chi connectivity index (χ1) is 10.3. The van der Waals surface area contributed by atoms with Crippen molar-refractivity contribution < 1.29 is 9.53 Å². The van der Waals surface area contributed by atoms with Crippen molar-refractivity contribution in [3.63, 3.8) is 0 Å². The first-order valence-electron chi connectivity index (χ1n) is 6.46. The number of methoxy groups -OCH3 is 1. The van der Waals surface area contributed by atoms with Crippen LogP contribution in [0.15, 0.2) is 14.6 Å². The lowest BCUT2D eigenvalue weighted by molar-refractivity contribution is -0.139. The summed E-state index contributed by atoms with van der Waals surface area (Å²) in [4.78, 5) is 44.4. The minimum Gasteiger partial charge on any atom is -0.468 e. The van der Waals surface area contributed by atoms with E-state index in [0.717, 1.165) is 16.3 Å². The third-order valence-electron chi connectivity index (χ3n) is 3.20. The second-order valence-corrected chi connectivity index (χ2v) is 6.09. The van der Waals surface area contributed by atoms with E-state index in [2.05, 4.69) is 14.7 Å².